The minimum Gasteiger partial charge on any atom is -0.355 e. The molecule has 0 radical (unpaired) electrons. The van der Waals surface area contributed by atoms with Crippen molar-refractivity contribution in [2.75, 3.05) is 17.4 Å². The van der Waals surface area contributed by atoms with E-state index < -0.39 is 28.5 Å². The molecule has 0 saturated carbocycles. The molecule has 2 amide bonds. The van der Waals surface area contributed by atoms with Gasteiger partial charge in [0.15, 0.2) is 0 Å². The van der Waals surface area contributed by atoms with Crippen molar-refractivity contribution >= 4 is 39.1 Å². The molecule has 3 rings (SSSR count). The summed E-state index contributed by atoms with van der Waals surface area (Å²) < 4.78 is 28.6. The first-order valence-corrected chi connectivity index (χ1v) is 13.9. The number of benzene rings is 3. The van der Waals surface area contributed by atoms with E-state index in [-0.39, 0.29) is 23.0 Å². The zero-order valence-electron chi connectivity index (χ0n) is 21.2. The lowest BCUT2D eigenvalue weighted by atomic mass is 10.1. The average Bonchev–Trinajstić information content (AvgIpc) is 2.88. The van der Waals surface area contributed by atoms with Crippen LogP contribution in [0.1, 0.15) is 31.4 Å². The van der Waals surface area contributed by atoms with Crippen molar-refractivity contribution in [1.29, 1.82) is 0 Å². The Kier molecular flexibility index (Phi) is 9.72. The summed E-state index contributed by atoms with van der Waals surface area (Å²) in [7, 11) is -4.13. The van der Waals surface area contributed by atoms with Crippen molar-refractivity contribution in [3.8, 4) is 0 Å². The monoisotopic (exact) mass is 541 g/mol. The van der Waals surface area contributed by atoms with Gasteiger partial charge in [0.1, 0.15) is 12.6 Å². The minimum atomic E-state index is -4.13. The van der Waals surface area contributed by atoms with Gasteiger partial charge in [0, 0.05) is 18.1 Å². The van der Waals surface area contributed by atoms with Gasteiger partial charge in [-0.05, 0) is 56.2 Å². The van der Waals surface area contributed by atoms with Crippen LogP contribution in [0, 0.1) is 6.92 Å². The van der Waals surface area contributed by atoms with E-state index >= 15 is 0 Å². The molecule has 3 aromatic rings. The fourth-order valence-corrected chi connectivity index (χ4v) is 5.58. The van der Waals surface area contributed by atoms with Gasteiger partial charge in [0.05, 0.1) is 10.6 Å². The first kappa shape index (κ1) is 28.2. The van der Waals surface area contributed by atoms with E-state index in [9.17, 15) is 18.0 Å². The van der Waals surface area contributed by atoms with E-state index in [0.29, 0.717) is 18.0 Å². The maximum Gasteiger partial charge on any atom is 0.264 e. The quantitative estimate of drug-likeness (QED) is 0.378. The molecule has 0 aliphatic carbocycles. The Labute approximate surface area is 224 Å². The van der Waals surface area contributed by atoms with Gasteiger partial charge in [-0.3, -0.25) is 13.9 Å². The highest BCUT2D eigenvalue weighted by molar-refractivity contribution is 7.92. The first-order valence-electron chi connectivity index (χ1n) is 12.1. The molecular formula is C28H32ClN3O4S. The number of amides is 2. The van der Waals surface area contributed by atoms with Crippen LogP contribution in [0.4, 0.5) is 5.69 Å². The van der Waals surface area contributed by atoms with Crippen molar-refractivity contribution in [3.05, 3.63) is 95.0 Å². The number of sulfonamides is 1. The summed E-state index contributed by atoms with van der Waals surface area (Å²) in [5.41, 5.74) is 1.99. The summed E-state index contributed by atoms with van der Waals surface area (Å²) in [5, 5.41) is 3.13. The summed E-state index contributed by atoms with van der Waals surface area (Å²) in [6, 6.07) is 21.3. The zero-order chi connectivity index (χ0) is 27.0. The predicted octanol–water partition coefficient (Wildman–Crippen LogP) is 4.79. The third-order valence-electron chi connectivity index (χ3n) is 5.92. The maximum atomic E-state index is 13.9. The van der Waals surface area contributed by atoms with E-state index in [0.717, 1.165) is 15.4 Å². The van der Waals surface area contributed by atoms with Gasteiger partial charge in [0.2, 0.25) is 11.8 Å². The Morgan fingerprint density at radius 3 is 2.22 bits per heavy atom. The molecule has 0 aliphatic rings. The number of carbonyl (C=O) groups is 2. The molecule has 0 heterocycles. The van der Waals surface area contributed by atoms with Crippen molar-refractivity contribution in [2.24, 2.45) is 0 Å². The second-order valence-electron chi connectivity index (χ2n) is 8.63. The number of halogens is 1. The zero-order valence-corrected chi connectivity index (χ0v) is 22.8. The molecule has 1 N–H and O–H groups in total. The Bertz CT molecular complexity index is 1310. The molecule has 0 spiro atoms. The van der Waals surface area contributed by atoms with Gasteiger partial charge < -0.3 is 10.2 Å². The predicted molar refractivity (Wildman–Crippen MR) is 147 cm³/mol. The molecule has 1 unspecified atom stereocenters. The number of rotatable bonds is 11. The summed E-state index contributed by atoms with van der Waals surface area (Å²) in [4.78, 5) is 28.3. The number of hydrogen-bond donors (Lipinski definition) is 1. The minimum absolute atomic E-state index is 0.0521. The lowest BCUT2D eigenvalue weighted by Crippen LogP contribution is -2.52. The highest BCUT2D eigenvalue weighted by Gasteiger charge is 2.33. The van der Waals surface area contributed by atoms with Crippen molar-refractivity contribution in [3.63, 3.8) is 0 Å². The second-order valence-corrected chi connectivity index (χ2v) is 10.9. The van der Waals surface area contributed by atoms with Gasteiger partial charge in [-0.1, -0.05) is 72.6 Å². The van der Waals surface area contributed by atoms with Crippen LogP contribution in [0.15, 0.2) is 83.8 Å². The highest BCUT2D eigenvalue weighted by Crippen LogP contribution is 2.27. The molecule has 196 valence electrons. The summed E-state index contributed by atoms with van der Waals surface area (Å²) in [5.74, 6) is -0.789. The van der Waals surface area contributed by atoms with Crippen LogP contribution >= 0.6 is 11.6 Å². The Hall–Kier alpha value is -3.36. The fraction of sp³-hybridized carbons (Fsp3) is 0.286. The molecule has 0 aliphatic heterocycles. The molecule has 3 aromatic carbocycles. The molecule has 1 atom stereocenters. The molecule has 0 bridgehead atoms. The van der Waals surface area contributed by atoms with Crippen LogP contribution in [0.2, 0.25) is 5.02 Å². The van der Waals surface area contributed by atoms with E-state index in [1.807, 2.05) is 51.1 Å². The normalized spacial score (nSPS) is 12.0. The van der Waals surface area contributed by atoms with E-state index in [4.69, 9.17) is 11.6 Å². The van der Waals surface area contributed by atoms with Crippen LogP contribution < -0.4 is 9.62 Å². The fourth-order valence-electron chi connectivity index (χ4n) is 3.99. The SMILES string of the molecule is CCNC(=O)C(CC)N(Cc1ccccc1)C(=O)CN(c1cccc(Cl)c1)S(=O)(=O)c1ccc(C)cc1. The number of likely N-dealkylation sites (N-methyl/N-ethyl adjacent to an activating group) is 1. The van der Waals surface area contributed by atoms with Crippen molar-refractivity contribution in [2.45, 2.75) is 44.7 Å². The van der Waals surface area contributed by atoms with Crippen molar-refractivity contribution < 1.29 is 18.0 Å². The topological polar surface area (TPSA) is 86.8 Å². The largest absolute Gasteiger partial charge is 0.355 e. The van der Waals surface area contributed by atoms with Gasteiger partial charge in [-0.15, -0.1) is 0 Å². The van der Waals surface area contributed by atoms with Gasteiger partial charge in [-0.25, -0.2) is 8.42 Å². The highest BCUT2D eigenvalue weighted by atomic mass is 35.5. The Morgan fingerprint density at radius 1 is 0.946 bits per heavy atom. The molecule has 0 saturated heterocycles. The number of aryl methyl sites for hydroxylation is 1. The number of nitrogens with zero attached hydrogens (tertiary/aromatic N) is 2. The molecule has 0 fully saturated rings. The summed E-state index contributed by atoms with van der Waals surface area (Å²) in [6.45, 7) is 5.57. The van der Waals surface area contributed by atoms with E-state index in [2.05, 4.69) is 5.32 Å². The average molecular weight is 542 g/mol. The second kappa shape index (κ2) is 12.7. The maximum absolute atomic E-state index is 13.9. The smallest absolute Gasteiger partial charge is 0.264 e. The van der Waals surface area contributed by atoms with Crippen LogP contribution in [0.3, 0.4) is 0 Å². The van der Waals surface area contributed by atoms with Crippen LogP contribution in [-0.2, 0) is 26.2 Å². The summed E-state index contributed by atoms with van der Waals surface area (Å²) >= 11 is 6.19. The number of nitrogens with one attached hydrogen (secondary N) is 1. The number of hydrogen-bond acceptors (Lipinski definition) is 4. The third-order valence-corrected chi connectivity index (χ3v) is 7.94. The van der Waals surface area contributed by atoms with Crippen molar-refractivity contribution in [1.82, 2.24) is 10.2 Å². The van der Waals surface area contributed by atoms with Gasteiger partial charge in [-0.2, -0.15) is 0 Å². The summed E-state index contributed by atoms with van der Waals surface area (Å²) in [6.07, 6.45) is 0.367. The number of anilines is 1. The van der Waals surface area contributed by atoms with Crippen LogP contribution in [0.25, 0.3) is 0 Å². The molecular weight excluding hydrogens is 510 g/mol. The lowest BCUT2D eigenvalue weighted by molar-refractivity contribution is -0.140. The van der Waals surface area contributed by atoms with E-state index in [1.165, 1.54) is 23.1 Å². The molecule has 0 aromatic heterocycles. The standard InChI is InChI=1S/C28H32ClN3O4S/c1-4-26(28(34)30-5-2)31(19-22-10-7-6-8-11-22)27(33)20-32(24-13-9-12-23(29)18-24)37(35,36)25-16-14-21(3)15-17-25/h6-18,26H,4-5,19-20H2,1-3H3,(H,30,34). The van der Waals surface area contributed by atoms with Crippen LogP contribution in [0.5, 0.6) is 0 Å². The molecule has 37 heavy (non-hydrogen) atoms. The van der Waals surface area contributed by atoms with Gasteiger partial charge in [0.25, 0.3) is 10.0 Å². The first-order chi connectivity index (χ1) is 17.7. The molecule has 7 nitrogen and oxygen atoms in total. The third kappa shape index (κ3) is 7.11. The Morgan fingerprint density at radius 2 is 1.62 bits per heavy atom. The van der Waals surface area contributed by atoms with Crippen LogP contribution in [-0.4, -0.2) is 44.3 Å². The lowest BCUT2D eigenvalue weighted by Gasteiger charge is -2.33. The number of carbonyl (C=O) groups excluding carboxylic acids is 2. The van der Waals surface area contributed by atoms with Gasteiger partial charge >= 0.3 is 0 Å². The van der Waals surface area contributed by atoms with E-state index in [1.54, 1.807) is 30.3 Å². The Balaban J connectivity index is 2.05. The molecule has 9 heteroatoms.